The van der Waals surface area contributed by atoms with E-state index in [9.17, 15) is 9.59 Å². The molecule has 0 aromatic heterocycles. The van der Waals surface area contributed by atoms with Crippen LogP contribution < -0.4 is 0 Å². The van der Waals surface area contributed by atoms with E-state index in [1.807, 2.05) is 0 Å². The Hall–Kier alpha value is -0.660. The third kappa shape index (κ3) is 3.86. The number of ketones is 2. The molecule has 0 saturated heterocycles. The molecule has 2 heteroatoms. The average molecular weight is 429 g/mol. The minimum absolute atomic E-state index is 0.0255. The van der Waals surface area contributed by atoms with Crippen LogP contribution in [0.5, 0.6) is 0 Å². The maximum atomic E-state index is 13.3. The van der Waals surface area contributed by atoms with Crippen LogP contribution in [0.1, 0.15) is 112 Å². The van der Waals surface area contributed by atoms with E-state index in [0.29, 0.717) is 41.7 Å². The third-order valence-corrected chi connectivity index (χ3v) is 11.5. The van der Waals surface area contributed by atoms with Crippen molar-refractivity contribution in [3.8, 4) is 0 Å². The molecule has 4 saturated carbocycles. The zero-order valence-corrected chi connectivity index (χ0v) is 21.2. The van der Waals surface area contributed by atoms with E-state index in [1.165, 1.54) is 44.9 Å². The second-order valence-corrected chi connectivity index (χ2v) is 13.0. The van der Waals surface area contributed by atoms with Gasteiger partial charge in [0.15, 0.2) is 0 Å². The minimum Gasteiger partial charge on any atom is -0.300 e. The first-order valence-electron chi connectivity index (χ1n) is 13.7. The summed E-state index contributed by atoms with van der Waals surface area (Å²) in [6.45, 7) is 14.7. The van der Waals surface area contributed by atoms with Crippen molar-refractivity contribution in [3.63, 3.8) is 0 Å². The Morgan fingerprint density at radius 2 is 1.61 bits per heavy atom. The van der Waals surface area contributed by atoms with Crippen LogP contribution in [0.2, 0.25) is 0 Å². The van der Waals surface area contributed by atoms with Crippen molar-refractivity contribution in [2.45, 2.75) is 112 Å². The predicted molar refractivity (Wildman–Crippen MR) is 128 cm³/mol. The van der Waals surface area contributed by atoms with Crippen molar-refractivity contribution in [1.82, 2.24) is 0 Å². The molecule has 9 unspecified atom stereocenters. The van der Waals surface area contributed by atoms with Crippen LogP contribution >= 0.6 is 0 Å². The highest BCUT2D eigenvalue weighted by molar-refractivity contribution is 5.90. The molecule has 2 nitrogen and oxygen atoms in total. The van der Waals surface area contributed by atoms with Gasteiger partial charge in [0, 0.05) is 25.2 Å². The first kappa shape index (κ1) is 23.5. The first-order chi connectivity index (χ1) is 14.6. The molecular formula is C29H48O2. The number of hydrogen-bond acceptors (Lipinski definition) is 2. The van der Waals surface area contributed by atoms with Crippen LogP contribution in [0, 0.1) is 58.2 Å². The summed E-state index contributed by atoms with van der Waals surface area (Å²) in [5.74, 6) is 6.05. The summed E-state index contributed by atoms with van der Waals surface area (Å²) in [5, 5.41) is 0. The summed E-state index contributed by atoms with van der Waals surface area (Å²) in [7, 11) is 0. The van der Waals surface area contributed by atoms with Crippen molar-refractivity contribution < 1.29 is 9.59 Å². The molecule has 0 spiro atoms. The molecule has 0 aliphatic heterocycles. The van der Waals surface area contributed by atoms with Gasteiger partial charge in [-0.05, 0) is 90.8 Å². The summed E-state index contributed by atoms with van der Waals surface area (Å²) in [4.78, 5) is 25.4. The lowest BCUT2D eigenvalue weighted by Crippen LogP contribution is -2.56. The van der Waals surface area contributed by atoms with Gasteiger partial charge in [-0.3, -0.25) is 9.59 Å². The molecule has 0 heterocycles. The van der Waals surface area contributed by atoms with Crippen molar-refractivity contribution in [3.05, 3.63) is 0 Å². The van der Waals surface area contributed by atoms with Crippen LogP contribution in [0.4, 0.5) is 0 Å². The monoisotopic (exact) mass is 428 g/mol. The Morgan fingerprint density at radius 3 is 2.29 bits per heavy atom. The van der Waals surface area contributed by atoms with Crippen molar-refractivity contribution in [2.75, 3.05) is 0 Å². The molecule has 0 aromatic carbocycles. The molecule has 31 heavy (non-hydrogen) atoms. The maximum Gasteiger partial charge on any atom is 0.137 e. The molecule has 0 radical (unpaired) electrons. The van der Waals surface area contributed by atoms with Crippen LogP contribution in [0.25, 0.3) is 0 Å². The highest BCUT2D eigenvalue weighted by Crippen LogP contribution is 2.67. The zero-order valence-electron chi connectivity index (χ0n) is 21.2. The van der Waals surface area contributed by atoms with Crippen LogP contribution in [0.3, 0.4) is 0 Å². The lowest BCUT2D eigenvalue weighted by atomic mass is 9.44. The van der Waals surface area contributed by atoms with Gasteiger partial charge in [-0.15, -0.1) is 0 Å². The third-order valence-electron chi connectivity index (χ3n) is 11.5. The number of fused-ring (bicyclic) bond motifs is 5. The van der Waals surface area contributed by atoms with E-state index in [-0.39, 0.29) is 11.3 Å². The van der Waals surface area contributed by atoms with Crippen molar-refractivity contribution in [2.24, 2.45) is 58.2 Å². The van der Waals surface area contributed by atoms with Crippen molar-refractivity contribution >= 4 is 11.6 Å². The fourth-order valence-corrected chi connectivity index (χ4v) is 9.50. The van der Waals surface area contributed by atoms with Crippen LogP contribution in [-0.4, -0.2) is 11.6 Å². The van der Waals surface area contributed by atoms with Gasteiger partial charge in [-0.1, -0.05) is 54.4 Å². The molecule has 4 rings (SSSR count). The maximum absolute atomic E-state index is 13.3. The van der Waals surface area contributed by atoms with E-state index in [4.69, 9.17) is 0 Å². The number of rotatable bonds is 6. The molecule has 4 aliphatic rings. The second-order valence-electron chi connectivity index (χ2n) is 13.0. The number of Topliss-reactive ketones (excluding diaryl/α,β-unsaturated/α-hetero) is 2. The predicted octanol–water partition coefficient (Wildman–Crippen LogP) is 7.49. The van der Waals surface area contributed by atoms with Gasteiger partial charge in [0.1, 0.15) is 11.6 Å². The largest absolute Gasteiger partial charge is 0.300 e. The van der Waals surface area contributed by atoms with Gasteiger partial charge in [0.2, 0.25) is 0 Å². The highest BCUT2D eigenvalue weighted by atomic mass is 16.1. The normalized spacial score (nSPS) is 44.5. The fraction of sp³-hybridized carbons (Fsp3) is 0.931. The summed E-state index contributed by atoms with van der Waals surface area (Å²) in [6, 6.07) is 0. The van der Waals surface area contributed by atoms with E-state index in [2.05, 4.69) is 41.5 Å². The zero-order chi connectivity index (χ0) is 22.6. The molecule has 9 atom stereocenters. The Labute approximate surface area is 191 Å². The van der Waals surface area contributed by atoms with E-state index < -0.39 is 0 Å². The Bertz CT molecular complexity index is 695. The van der Waals surface area contributed by atoms with Gasteiger partial charge in [0.25, 0.3) is 0 Å². The first-order valence-corrected chi connectivity index (χ1v) is 13.7. The van der Waals surface area contributed by atoms with Gasteiger partial charge in [-0.2, -0.15) is 0 Å². The molecule has 0 N–H and O–H groups in total. The van der Waals surface area contributed by atoms with E-state index in [1.54, 1.807) is 0 Å². The van der Waals surface area contributed by atoms with E-state index in [0.717, 1.165) is 42.4 Å². The molecule has 176 valence electrons. The Balaban J connectivity index is 1.49. The average Bonchev–Trinajstić information content (AvgIpc) is 3.07. The summed E-state index contributed by atoms with van der Waals surface area (Å²) >= 11 is 0. The lowest BCUT2D eigenvalue weighted by molar-refractivity contribution is -0.159. The summed E-state index contributed by atoms with van der Waals surface area (Å²) < 4.78 is 0. The Kier molecular flexibility index (Phi) is 6.52. The fourth-order valence-electron chi connectivity index (χ4n) is 9.50. The molecule has 4 fully saturated rings. The number of carbonyl (C=O) groups is 2. The quantitative estimate of drug-likeness (QED) is 0.439. The van der Waals surface area contributed by atoms with Crippen LogP contribution in [0.15, 0.2) is 0 Å². The number of hydrogen-bond donors (Lipinski definition) is 0. The standard InChI is InChI=1S/C29H48O2/c1-7-20(18(2)3)9-8-19(4)23-10-11-24-22-17-27(31)26-16-21(30)12-14-29(26,6)25(22)13-15-28(23,24)5/h18-20,22-26H,7-17H2,1-6H3. The summed E-state index contributed by atoms with van der Waals surface area (Å²) in [5.41, 5.74) is 0.513. The highest BCUT2D eigenvalue weighted by Gasteiger charge is 2.62. The molecular weight excluding hydrogens is 380 g/mol. The summed E-state index contributed by atoms with van der Waals surface area (Å²) in [6.07, 6.45) is 12.4. The molecule has 0 aromatic rings. The van der Waals surface area contributed by atoms with Crippen molar-refractivity contribution in [1.29, 1.82) is 0 Å². The molecule has 0 bridgehead atoms. The molecule has 0 amide bonds. The van der Waals surface area contributed by atoms with Gasteiger partial charge >= 0.3 is 0 Å². The molecule has 4 aliphatic carbocycles. The lowest BCUT2D eigenvalue weighted by Gasteiger charge is -2.59. The Morgan fingerprint density at radius 1 is 0.903 bits per heavy atom. The van der Waals surface area contributed by atoms with Gasteiger partial charge < -0.3 is 0 Å². The van der Waals surface area contributed by atoms with Gasteiger partial charge in [0.05, 0.1) is 0 Å². The SMILES string of the molecule is CCC(CCC(C)C1CCC2C3CC(=O)C4CC(=O)CCC4(C)C3CCC12C)C(C)C. The van der Waals surface area contributed by atoms with E-state index >= 15 is 0 Å². The minimum atomic E-state index is 0.0255. The second kappa shape index (κ2) is 8.60. The van der Waals surface area contributed by atoms with Crippen LogP contribution in [-0.2, 0) is 9.59 Å². The van der Waals surface area contributed by atoms with Gasteiger partial charge in [-0.25, -0.2) is 0 Å². The topological polar surface area (TPSA) is 34.1 Å². The smallest absolute Gasteiger partial charge is 0.137 e. The number of carbonyl (C=O) groups excluding carboxylic acids is 2.